The van der Waals surface area contributed by atoms with Crippen molar-refractivity contribution >= 4 is 15.9 Å². The van der Waals surface area contributed by atoms with Crippen molar-refractivity contribution in [1.29, 1.82) is 5.26 Å². The molecule has 0 spiro atoms. The highest BCUT2D eigenvalue weighted by Gasteiger charge is 2.33. The van der Waals surface area contributed by atoms with E-state index in [-0.39, 0.29) is 0 Å². The molecular weight excluding hydrogens is 315 g/mol. The summed E-state index contributed by atoms with van der Waals surface area (Å²) in [6, 6.07) is 1.85. The standard InChI is InChI=1S/C8H2BrF5N2O/c9-6-5(7(10)11)3(2-15)1-4(16-6)17-8(12,13)14/h1,7H. The molecule has 0 aliphatic carbocycles. The first kappa shape index (κ1) is 13.6. The first-order valence-electron chi connectivity index (χ1n) is 3.89. The van der Waals surface area contributed by atoms with Crippen molar-refractivity contribution in [2.45, 2.75) is 12.8 Å². The predicted octanol–water partition coefficient (Wildman–Crippen LogP) is 3.55. The van der Waals surface area contributed by atoms with Crippen LogP contribution >= 0.6 is 15.9 Å². The van der Waals surface area contributed by atoms with E-state index in [1.54, 1.807) is 0 Å². The molecule has 0 atom stereocenters. The van der Waals surface area contributed by atoms with Gasteiger partial charge >= 0.3 is 6.36 Å². The van der Waals surface area contributed by atoms with Crippen LogP contribution in [-0.2, 0) is 0 Å². The SMILES string of the molecule is N#Cc1cc(OC(F)(F)F)nc(Br)c1C(F)F. The van der Waals surface area contributed by atoms with Crippen LogP contribution in [0, 0.1) is 11.3 Å². The molecular formula is C8H2BrF5N2O. The second kappa shape index (κ2) is 4.83. The Balaban J connectivity index is 3.24. The zero-order valence-corrected chi connectivity index (χ0v) is 9.31. The van der Waals surface area contributed by atoms with Crippen molar-refractivity contribution in [3.63, 3.8) is 0 Å². The van der Waals surface area contributed by atoms with Gasteiger partial charge < -0.3 is 4.74 Å². The monoisotopic (exact) mass is 316 g/mol. The van der Waals surface area contributed by atoms with E-state index in [1.165, 1.54) is 6.07 Å². The smallest absolute Gasteiger partial charge is 0.388 e. The Kier molecular flexibility index (Phi) is 3.87. The first-order valence-corrected chi connectivity index (χ1v) is 4.68. The number of rotatable bonds is 2. The van der Waals surface area contributed by atoms with Crippen LogP contribution in [0.4, 0.5) is 22.0 Å². The Bertz CT molecular complexity index is 468. The molecule has 1 heterocycles. The van der Waals surface area contributed by atoms with Gasteiger partial charge in [0.05, 0.1) is 17.2 Å². The quantitative estimate of drug-likeness (QED) is 0.619. The average Bonchev–Trinajstić information content (AvgIpc) is 2.12. The van der Waals surface area contributed by atoms with E-state index in [9.17, 15) is 22.0 Å². The number of hydrogen-bond acceptors (Lipinski definition) is 3. The first-order chi connectivity index (χ1) is 7.74. The number of hydrogen-bond donors (Lipinski definition) is 0. The van der Waals surface area contributed by atoms with Crippen LogP contribution < -0.4 is 4.74 Å². The van der Waals surface area contributed by atoms with Crippen LogP contribution in [0.5, 0.6) is 5.88 Å². The van der Waals surface area contributed by atoms with Crippen molar-refractivity contribution in [3.8, 4) is 11.9 Å². The Morgan fingerprint density at radius 1 is 1.41 bits per heavy atom. The van der Waals surface area contributed by atoms with Crippen molar-refractivity contribution in [3.05, 3.63) is 21.8 Å². The number of pyridine rings is 1. The van der Waals surface area contributed by atoms with Crippen molar-refractivity contribution < 1.29 is 26.7 Å². The lowest BCUT2D eigenvalue weighted by atomic mass is 10.1. The highest BCUT2D eigenvalue weighted by Crippen LogP contribution is 2.32. The highest BCUT2D eigenvalue weighted by atomic mass is 79.9. The number of nitrogens with zero attached hydrogens (tertiary/aromatic N) is 2. The fourth-order valence-electron chi connectivity index (χ4n) is 0.973. The van der Waals surface area contributed by atoms with Crippen LogP contribution in [-0.4, -0.2) is 11.3 Å². The van der Waals surface area contributed by atoms with E-state index in [2.05, 4.69) is 25.7 Å². The molecule has 92 valence electrons. The fourth-order valence-corrected chi connectivity index (χ4v) is 1.53. The Morgan fingerprint density at radius 3 is 2.41 bits per heavy atom. The van der Waals surface area contributed by atoms with Gasteiger partial charge in [-0.2, -0.15) is 5.26 Å². The Labute approximate surface area is 99.9 Å². The van der Waals surface area contributed by atoms with E-state index in [0.29, 0.717) is 6.07 Å². The zero-order valence-electron chi connectivity index (χ0n) is 7.73. The number of ether oxygens (including phenoxy) is 1. The summed E-state index contributed by atoms with van der Waals surface area (Å²) in [4.78, 5) is 3.13. The normalized spacial score (nSPS) is 11.4. The van der Waals surface area contributed by atoms with Gasteiger partial charge in [0, 0.05) is 6.07 Å². The molecule has 0 aliphatic rings. The average molecular weight is 317 g/mol. The van der Waals surface area contributed by atoms with Crippen LogP contribution in [0.15, 0.2) is 10.7 Å². The number of aromatic nitrogens is 1. The van der Waals surface area contributed by atoms with Crippen molar-refractivity contribution in [2.75, 3.05) is 0 Å². The van der Waals surface area contributed by atoms with Gasteiger partial charge in [0.15, 0.2) is 0 Å². The summed E-state index contributed by atoms with van der Waals surface area (Å²) in [6.07, 6.45) is -8.04. The third kappa shape index (κ3) is 3.52. The van der Waals surface area contributed by atoms with Crippen molar-refractivity contribution in [2.24, 2.45) is 0 Å². The second-order valence-corrected chi connectivity index (χ2v) is 3.42. The number of nitriles is 1. The number of halogens is 6. The molecule has 0 N–H and O–H groups in total. The van der Waals surface area contributed by atoms with Gasteiger partial charge in [0.1, 0.15) is 4.60 Å². The summed E-state index contributed by atoms with van der Waals surface area (Å²) in [5.41, 5.74) is -1.41. The maximum atomic E-state index is 12.5. The van der Waals surface area contributed by atoms with Gasteiger partial charge in [-0.05, 0) is 15.9 Å². The molecule has 0 saturated carbocycles. The molecule has 0 radical (unpaired) electrons. The Morgan fingerprint density at radius 2 is 2.00 bits per heavy atom. The van der Waals surface area contributed by atoms with Gasteiger partial charge in [-0.3, -0.25) is 0 Å². The minimum Gasteiger partial charge on any atom is -0.388 e. The third-order valence-corrected chi connectivity index (χ3v) is 2.15. The fraction of sp³-hybridized carbons (Fsp3) is 0.250. The van der Waals surface area contributed by atoms with E-state index in [1.807, 2.05) is 0 Å². The van der Waals surface area contributed by atoms with Crippen LogP contribution in [0.25, 0.3) is 0 Å². The minimum atomic E-state index is -5.01. The minimum absolute atomic E-state index is 0.500. The maximum Gasteiger partial charge on any atom is 0.574 e. The summed E-state index contributed by atoms with van der Waals surface area (Å²) in [5.74, 6) is -0.981. The lowest BCUT2D eigenvalue weighted by Gasteiger charge is -2.10. The van der Waals surface area contributed by atoms with Gasteiger partial charge in [-0.15, -0.1) is 13.2 Å². The van der Waals surface area contributed by atoms with E-state index >= 15 is 0 Å². The molecule has 9 heteroatoms. The molecule has 0 saturated heterocycles. The third-order valence-electron chi connectivity index (χ3n) is 1.55. The highest BCUT2D eigenvalue weighted by molar-refractivity contribution is 9.10. The van der Waals surface area contributed by atoms with Gasteiger partial charge in [0.25, 0.3) is 6.43 Å². The molecule has 0 aliphatic heterocycles. The largest absolute Gasteiger partial charge is 0.574 e. The maximum absolute atomic E-state index is 12.5. The molecule has 0 bridgehead atoms. The molecule has 1 aromatic rings. The van der Waals surface area contributed by atoms with Crippen LogP contribution in [0.2, 0.25) is 0 Å². The van der Waals surface area contributed by atoms with Gasteiger partial charge in [-0.1, -0.05) is 0 Å². The molecule has 1 rings (SSSR count). The van der Waals surface area contributed by atoms with E-state index in [4.69, 9.17) is 5.26 Å². The Hall–Kier alpha value is -1.43. The molecule has 0 fully saturated rings. The molecule has 0 amide bonds. The number of alkyl halides is 5. The lowest BCUT2D eigenvalue weighted by molar-refractivity contribution is -0.276. The second-order valence-electron chi connectivity index (χ2n) is 2.67. The summed E-state index contributed by atoms with van der Waals surface area (Å²) in [7, 11) is 0. The van der Waals surface area contributed by atoms with Gasteiger partial charge in [-0.25, -0.2) is 13.8 Å². The molecule has 17 heavy (non-hydrogen) atoms. The van der Waals surface area contributed by atoms with Crippen LogP contribution in [0.3, 0.4) is 0 Å². The summed E-state index contributed by atoms with van der Waals surface area (Å²) >= 11 is 2.56. The molecule has 0 aromatic carbocycles. The topological polar surface area (TPSA) is 45.9 Å². The van der Waals surface area contributed by atoms with Crippen molar-refractivity contribution in [1.82, 2.24) is 4.98 Å². The lowest BCUT2D eigenvalue weighted by Crippen LogP contribution is -2.18. The van der Waals surface area contributed by atoms with E-state index in [0.717, 1.165) is 0 Å². The summed E-state index contributed by atoms with van der Waals surface area (Å²) < 4.78 is 63.4. The van der Waals surface area contributed by atoms with Crippen LogP contribution in [0.1, 0.15) is 17.6 Å². The molecule has 0 unspecified atom stereocenters. The summed E-state index contributed by atoms with van der Waals surface area (Å²) in [6.45, 7) is 0. The molecule has 3 nitrogen and oxygen atoms in total. The molecule has 1 aromatic heterocycles. The van der Waals surface area contributed by atoms with Gasteiger partial charge in [0.2, 0.25) is 5.88 Å². The summed E-state index contributed by atoms with van der Waals surface area (Å²) in [5, 5.41) is 8.55. The predicted molar refractivity (Wildman–Crippen MR) is 48.3 cm³/mol. The zero-order chi connectivity index (χ0) is 13.2. The van der Waals surface area contributed by atoms with E-state index < -0.39 is 34.4 Å².